The van der Waals surface area contributed by atoms with Crippen molar-refractivity contribution in [3.05, 3.63) is 0 Å². The summed E-state index contributed by atoms with van der Waals surface area (Å²) in [6.07, 6.45) is 10.6. The van der Waals surface area contributed by atoms with Crippen LogP contribution >= 0.6 is 7.82 Å². The molecule has 2 atom stereocenters. The number of quaternary nitrogens is 1. The van der Waals surface area contributed by atoms with Crippen LogP contribution in [0.15, 0.2) is 0 Å². The number of hydrogen-bond acceptors (Lipinski definition) is 6. The van der Waals surface area contributed by atoms with Crippen LogP contribution in [0, 0.1) is 0 Å². The second-order valence-electron chi connectivity index (χ2n) is 9.37. The van der Waals surface area contributed by atoms with E-state index in [-0.39, 0.29) is 25.8 Å². The lowest BCUT2D eigenvalue weighted by Gasteiger charge is -2.24. The molecule has 0 spiro atoms. The number of carbonyl (C=O) groups excluding carboxylic acids is 1. The van der Waals surface area contributed by atoms with Gasteiger partial charge >= 0.3 is 13.8 Å². The van der Waals surface area contributed by atoms with Crippen LogP contribution in [0.3, 0.4) is 0 Å². The molecule has 0 aromatic carbocycles. The lowest BCUT2D eigenvalue weighted by atomic mass is 10.1. The Balaban J connectivity index is 4.43. The number of carbonyl (C=O) groups is 1. The van der Waals surface area contributed by atoms with Crippen LogP contribution in [0.1, 0.15) is 84.5 Å². The zero-order valence-corrected chi connectivity index (χ0v) is 22.1. The summed E-state index contributed by atoms with van der Waals surface area (Å²) in [5.41, 5.74) is 0. The number of nitrogens with zero attached hydrogens (tertiary/aromatic N) is 1. The lowest BCUT2D eigenvalue weighted by Crippen LogP contribution is -2.37. The summed E-state index contributed by atoms with van der Waals surface area (Å²) in [6.45, 7) is 5.31. The molecule has 1 N–H and O–H groups in total. The van der Waals surface area contributed by atoms with Crippen LogP contribution < -0.4 is 0 Å². The molecule has 1 unspecified atom stereocenters. The van der Waals surface area contributed by atoms with Gasteiger partial charge in [0.25, 0.3) is 0 Å². The molecule has 0 saturated heterocycles. The average Bonchev–Trinajstić information content (AvgIpc) is 2.70. The summed E-state index contributed by atoms with van der Waals surface area (Å²) in [5, 5.41) is 0. The van der Waals surface area contributed by atoms with Crippen molar-refractivity contribution >= 4 is 13.8 Å². The van der Waals surface area contributed by atoms with Crippen molar-refractivity contribution < 1.29 is 37.3 Å². The van der Waals surface area contributed by atoms with Gasteiger partial charge in [0.05, 0.1) is 27.7 Å². The van der Waals surface area contributed by atoms with Crippen molar-refractivity contribution in [2.24, 2.45) is 0 Å². The van der Waals surface area contributed by atoms with E-state index in [1.807, 2.05) is 21.1 Å². The molecule has 0 aromatic rings. The number of esters is 1. The van der Waals surface area contributed by atoms with E-state index >= 15 is 0 Å². The standard InChI is InChI=1S/C23H48NO7P/c1-6-8-10-12-13-15-18-28-22(20-29-23(25)16-14-11-9-7-2)21-31-32(26,27)30-19-17-24(3,4)5/h22H,6-21H2,1-5H3/p+1/t22-/m1/s1. The molecule has 0 rings (SSSR count). The van der Waals surface area contributed by atoms with E-state index in [1.54, 1.807) is 0 Å². The average molecular weight is 483 g/mol. The molecular weight excluding hydrogens is 433 g/mol. The highest BCUT2D eigenvalue weighted by Gasteiger charge is 2.25. The highest BCUT2D eigenvalue weighted by molar-refractivity contribution is 7.47. The fourth-order valence-electron chi connectivity index (χ4n) is 2.88. The van der Waals surface area contributed by atoms with Crippen LogP contribution in [0.5, 0.6) is 0 Å². The van der Waals surface area contributed by atoms with Gasteiger partial charge in [-0.2, -0.15) is 0 Å². The molecule has 9 heteroatoms. The Morgan fingerprint density at radius 1 is 0.844 bits per heavy atom. The van der Waals surface area contributed by atoms with Gasteiger partial charge in [-0.1, -0.05) is 65.2 Å². The molecular formula is C23H49NO7P+. The quantitative estimate of drug-likeness (QED) is 0.0995. The first kappa shape index (κ1) is 31.5. The molecule has 0 aliphatic carbocycles. The molecule has 0 aromatic heterocycles. The van der Waals surface area contributed by atoms with E-state index in [0.717, 1.165) is 44.9 Å². The predicted octanol–water partition coefficient (Wildman–Crippen LogP) is 5.09. The van der Waals surface area contributed by atoms with Crippen LogP contribution in [-0.4, -0.2) is 75.6 Å². The normalized spacial score (nSPS) is 14.8. The molecule has 0 aliphatic rings. The number of hydrogen-bond donors (Lipinski definition) is 1. The van der Waals surface area contributed by atoms with Crippen molar-refractivity contribution in [3.63, 3.8) is 0 Å². The van der Waals surface area contributed by atoms with Gasteiger partial charge in [-0.25, -0.2) is 4.57 Å². The third kappa shape index (κ3) is 21.4. The second-order valence-corrected chi connectivity index (χ2v) is 10.8. The summed E-state index contributed by atoms with van der Waals surface area (Å²) < 4.78 is 34.1. The molecule has 8 nitrogen and oxygen atoms in total. The maximum atomic E-state index is 12.2. The number of phosphoric ester groups is 1. The van der Waals surface area contributed by atoms with Crippen molar-refractivity contribution in [1.82, 2.24) is 0 Å². The topological polar surface area (TPSA) is 91.3 Å². The second kappa shape index (κ2) is 18.9. The molecule has 0 heterocycles. The molecule has 0 saturated carbocycles. The molecule has 0 aliphatic heterocycles. The Labute approximate surface area is 196 Å². The number of phosphoric acid groups is 1. The molecule has 0 bridgehead atoms. The Kier molecular flexibility index (Phi) is 18.6. The minimum atomic E-state index is -4.19. The number of unbranched alkanes of at least 4 members (excludes halogenated alkanes) is 8. The third-order valence-corrected chi connectivity index (χ3v) is 5.94. The van der Waals surface area contributed by atoms with Gasteiger partial charge in [-0.05, 0) is 12.8 Å². The Morgan fingerprint density at radius 2 is 1.44 bits per heavy atom. The van der Waals surface area contributed by atoms with Gasteiger partial charge in [-0.3, -0.25) is 13.8 Å². The van der Waals surface area contributed by atoms with Crippen molar-refractivity contribution in [2.45, 2.75) is 90.6 Å². The van der Waals surface area contributed by atoms with Crippen LogP contribution in [-0.2, 0) is 27.9 Å². The van der Waals surface area contributed by atoms with Crippen molar-refractivity contribution in [1.29, 1.82) is 0 Å². The molecule has 0 radical (unpaired) electrons. The first-order valence-electron chi connectivity index (χ1n) is 12.3. The van der Waals surface area contributed by atoms with Gasteiger partial charge < -0.3 is 18.9 Å². The molecule has 0 amide bonds. The summed E-state index contributed by atoms with van der Waals surface area (Å²) >= 11 is 0. The number of rotatable bonds is 22. The Bertz CT molecular complexity index is 511. The number of likely N-dealkylation sites (N-methyl/N-ethyl adjacent to an activating group) is 1. The van der Waals surface area contributed by atoms with Gasteiger partial charge in [0.15, 0.2) is 0 Å². The van der Waals surface area contributed by atoms with Crippen molar-refractivity contribution in [2.75, 3.05) is 54.1 Å². The predicted molar refractivity (Wildman–Crippen MR) is 127 cm³/mol. The van der Waals surface area contributed by atoms with E-state index in [9.17, 15) is 14.3 Å². The maximum Gasteiger partial charge on any atom is 0.472 e. The van der Waals surface area contributed by atoms with E-state index in [4.69, 9.17) is 18.5 Å². The third-order valence-electron chi connectivity index (χ3n) is 4.96. The minimum Gasteiger partial charge on any atom is -0.463 e. The van der Waals surface area contributed by atoms with E-state index in [0.29, 0.717) is 24.1 Å². The smallest absolute Gasteiger partial charge is 0.463 e. The zero-order chi connectivity index (χ0) is 24.3. The van der Waals surface area contributed by atoms with Gasteiger partial charge in [0.1, 0.15) is 25.9 Å². The highest BCUT2D eigenvalue weighted by atomic mass is 31.2. The fourth-order valence-corrected chi connectivity index (χ4v) is 3.62. The molecule has 32 heavy (non-hydrogen) atoms. The van der Waals surface area contributed by atoms with E-state index < -0.39 is 13.9 Å². The molecule has 192 valence electrons. The Morgan fingerprint density at radius 3 is 2.06 bits per heavy atom. The minimum absolute atomic E-state index is 0.00132. The highest BCUT2D eigenvalue weighted by Crippen LogP contribution is 2.43. The van der Waals surface area contributed by atoms with Gasteiger partial charge in [-0.15, -0.1) is 0 Å². The summed E-state index contributed by atoms with van der Waals surface area (Å²) in [6, 6.07) is 0. The SMILES string of the molecule is CCCCCCCCO[C@H](COC(=O)CCCCCC)COP(=O)(O)OCC[N+](C)(C)C. The first-order valence-corrected chi connectivity index (χ1v) is 13.8. The monoisotopic (exact) mass is 482 g/mol. The van der Waals surface area contributed by atoms with Crippen molar-refractivity contribution in [3.8, 4) is 0 Å². The van der Waals surface area contributed by atoms with E-state index in [1.165, 1.54) is 19.3 Å². The lowest BCUT2D eigenvalue weighted by molar-refractivity contribution is -0.870. The van der Waals surface area contributed by atoms with Crippen LogP contribution in [0.2, 0.25) is 0 Å². The summed E-state index contributed by atoms with van der Waals surface area (Å²) in [5.74, 6) is -0.277. The van der Waals surface area contributed by atoms with Crippen LogP contribution in [0.4, 0.5) is 0 Å². The largest absolute Gasteiger partial charge is 0.472 e. The number of ether oxygens (including phenoxy) is 2. The zero-order valence-electron chi connectivity index (χ0n) is 21.2. The van der Waals surface area contributed by atoms with Gasteiger partial charge in [0, 0.05) is 13.0 Å². The first-order chi connectivity index (χ1) is 15.1. The van der Waals surface area contributed by atoms with Crippen LogP contribution in [0.25, 0.3) is 0 Å². The fraction of sp³-hybridized carbons (Fsp3) is 0.957. The summed E-state index contributed by atoms with van der Waals surface area (Å²) in [7, 11) is 1.71. The molecule has 0 fully saturated rings. The van der Waals surface area contributed by atoms with E-state index in [2.05, 4.69) is 13.8 Å². The Hall–Kier alpha value is -0.500. The maximum absolute atomic E-state index is 12.2. The van der Waals surface area contributed by atoms with Gasteiger partial charge in [0.2, 0.25) is 0 Å². The summed E-state index contributed by atoms with van der Waals surface area (Å²) in [4.78, 5) is 21.9.